The molecular formula is C17H17NO3. The number of rotatable bonds is 5. The first-order chi connectivity index (χ1) is 10.1. The molecule has 0 bridgehead atoms. The molecule has 0 aliphatic rings. The highest BCUT2D eigenvalue weighted by Crippen LogP contribution is 2.21. The third kappa shape index (κ3) is 3.69. The van der Waals surface area contributed by atoms with Gasteiger partial charge in [-0.2, -0.15) is 0 Å². The number of carboxylic acids is 1. The second-order valence-electron chi connectivity index (χ2n) is 4.74. The van der Waals surface area contributed by atoms with Gasteiger partial charge in [0, 0.05) is 11.3 Å². The predicted octanol–water partition coefficient (Wildman–Crippen LogP) is 3.52. The topological polar surface area (TPSA) is 66.4 Å². The molecule has 2 aromatic carbocycles. The van der Waals surface area contributed by atoms with Gasteiger partial charge in [-0.15, -0.1) is 0 Å². The van der Waals surface area contributed by atoms with Crippen LogP contribution < -0.4 is 5.32 Å². The molecule has 0 saturated carbocycles. The zero-order chi connectivity index (χ0) is 15.2. The van der Waals surface area contributed by atoms with Gasteiger partial charge in [0.2, 0.25) is 0 Å². The molecule has 1 unspecified atom stereocenters. The van der Waals surface area contributed by atoms with Crippen molar-refractivity contribution in [2.75, 3.05) is 5.32 Å². The van der Waals surface area contributed by atoms with Crippen molar-refractivity contribution >= 4 is 17.6 Å². The standard InChI is InChI=1S/C17H17NO3/c1-2-15(17(20)21)12-8-10-14(11-9-12)18-16(19)13-6-4-3-5-7-13/h3-11,15H,2H2,1H3,(H,18,19)(H,20,21). The molecule has 0 saturated heterocycles. The SMILES string of the molecule is CCC(C(=O)O)c1ccc(NC(=O)c2ccccc2)cc1. The minimum absolute atomic E-state index is 0.186. The number of nitrogens with one attached hydrogen (secondary N) is 1. The van der Waals surface area contributed by atoms with E-state index in [2.05, 4.69) is 5.32 Å². The highest BCUT2D eigenvalue weighted by molar-refractivity contribution is 6.04. The summed E-state index contributed by atoms with van der Waals surface area (Å²) in [5.41, 5.74) is 1.97. The summed E-state index contributed by atoms with van der Waals surface area (Å²) in [7, 11) is 0. The van der Waals surface area contributed by atoms with Crippen molar-refractivity contribution in [2.24, 2.45) is 0 Å². The van der Waals surface area contributed by atoms with Crippen molar-refractivity contribution in [3.8, 4) is 0 Å². The predicted molar refractivity (Wildman–Crippen MR) is 81.5 cm³/mol. The normalized spacial score (nSPS) is 11.7. The largest absolute Gasteiger partial charge is 0.481 e. The van der Waals surface area contributed by atoms with Crippen LogP contribution in [0.5, 0.6) is 0 Å². The Labute approximate surface area is 123 Å². The van der Waals surface area contributed by atoms with Crippen LogP contribution >= 0.6 is 0 Å². The minimum atomic E-state index is -0.835. The number of aliphatic carboxylic acids is 1. The molecule has 1 amide bonds. The van der Waals surface area contributed by atoms with Gasteiger partial charge in [0.15, 0.2) is 0 Å². The molecule has 4 heteroatoms. The van der Waals surface area contributed by atoms with Crippen LogP contribution in [0.25, 0.3) is 0 Å². The van der Waals surface area contributed by atoms with Crippen LogP contribution in [0.1, 0.15) is 35.2 Å². The van der Waals surface area contributed by atoms with Gasteiger partial charge in [-0.1, -0.05) is 37.3 Å². The summed E-state index contributed by atoms with van der Waals surface area (Å²) in [5, 5.41) is 11.9. The fraction of sp³-hybridized carbons (Fsp3) is 0.176. The Kier molecular flexibility index (Phi) is 4.72. The third-order valence-corrected chi connectivity index (χ3v) is 3.31. The van der Waals surface area contributed by atoms with E-state index < -0.39 is 11.9 Å². The number of carbonyl (C=O) groups is 2. The molecule has 0 spiro atoms. The molecule has 0 fully saturated rings. The van der Waals surface area contributed by atoms with E-state index in [0.717, 1.165) is 5.56 Å². The number of benzene rings is 2. The molecule has 2 rings (SSSR count). The van der Waals surface area contributed by atoms with E-state index >= 15 is 0 Å². The van der Waals surface area contributed by atoms with Gasteiger partial charge in [-0.05, 0) is 36.2 Å². The lowest BCUT2D eigenvalue weighted by Crippen LogP contribution is -2.13. The lowest BCUT2D eigenvalue weighted by atomic mass is 9.96. The van der Waals surface area contributed by atoms with Crippen LogP contribution in [-0.4, -0.2) is 17.0 Å². The number of carbonyl (C=O) groups excluding carboxylic acids is 1. The van der Waals surface area contributed by atoms with Crippen LogP contribution in [-0.2, 0) is 4.79 Å². The summed E-state index contributed by atoms with van der Waals surface area (Å²) in [6.07, 6.45) is 0.533. The first kappa shape index (κ1) is 14.8. The fourth-order valence-corrected chi connectivity index (χ4v) is 2.14. The van der Waals surface area contributed by atoms with Gasteiger partial charge >= 0.3 is 5.97 Å². The van der Waals surface area contributed by atoms with Gasteiger partial charge in [0.05, 0.1) is 5.92 Å². The van der Waals surface area contributed by atoms with Gasteiger partial charge in [-0.25, -0.2) is 0 Å². The van der Waals surface area contributed by atoms with E-state index in [9.17, 15) is 9.59 Å². The summed E-state index contributed by atoms with van der Waals surface area (Å²) in [6.45, 7) is 1.84. The number of anilines is 1. The number of hydrogen-bond donors (Lipinski definition) is 2. The van der Waals surface area contributed by atoms with Crippen LogP contribution in [0, 0.1) is 0 Å². The Morgan fingerprint density at radius 2 is 1.67 bits per heavy atom. The molecule has 0 aromatic heterocycles. The van der Waals surface area contributed by atoms with Crippen molar-refractivity contribution in [3.63, 3.8) is 0 Å². The number of carboxylic acid groups (broad SMARTS) is 1. The van der Waals surface area contributed by atoms with E-state index in [1.54, 1.807) is 48.5 Å². The van der Waals surface area contributed by atoms with E-state index in [-0.39, 0.29) is 5.91 Å². The van der Waals surface area contributed by atoms with Crippen LogP contribution in [0.3, 0.4) is 0 Å². The van der Waals surface area contributed by atoms with Crippen LogP contribution in [0.2, 0.25) is 0 Å². The lowest BCUT2D eigenvalue weighted by Gasteiger charge is -2.11. The Hall–Kier alpha value is -2.62. The second kappa shape index (κ2) is 6.70. The van der Waals surface area contributed by atoms with Crippen molar-refractivity contribution in [2.45, 2.75) is 19.3 Å². The van der Waals surface area contributed by atoms with Gasteiger partial charge in [0.1, 0.15) is 0 Å². The highest BCUT2D eigenvalue weighted by Gasteiger charge is 2.17. The van der Waals surface area contributed by atoms with Gasteiger partial charge < -0.3 is 10.4 Å². The molecule has 0 radical (unpaired) electrons. The molecule has 2 aromatic rings. The molecule has 4 nitrogen and oxygen atoms in total. The average molecular weight is 283 g/mol. The summed E-state index contributed by atoms with van der Waals surface area (Å²) >= 11 is 0. The summed E-state index contributed by atoms with van der Waals surface area (Å²) in [6, 6.07) is 15.9. The Bertz CT molecular complexity index is 620. The molecule has 1 atom stereocenters. The molecular weight excluding hydrogens is 266 g/mol. The van der Waals surface area contributed by atoms with Crippen molar-refractivity contribution in [3.05, 3.63) is 65.7 Å². The molecule has 21 heavy (non-hydrogen) atoms. The van der Waals surface area contributed by atoms with Crippen molar-refractivity contribution < 1.29 is 14.7 Å². The number of amides is 1. The average Bonchev–Trinajstić information content (AvgIpc) is 2.50. The third-order valence-electron chi connectivity index (χ3n) is 3.31. The molecule has 2 N–H and O–H groups in total. The Morgan fingerprint density at radius 1 is 1.05 bits per heavy atom. The molecule has 0 aliphatic heterocycles. The maximum absolute atomic E-state index is 12.0. The van der Waals surface area contributed by atoms with Gasteiger partial charge in [0.25, 0.3) is 5.91 Å². The first-order valence-electron chi connectivity index (χ1n) is 6.81. The van der Waals surface area contributed by atoms with Crippen LogP contribution in [0.15, 0.2) is 54.6 Å². The Morgan fingerprint density at radius 3 is 2.19 bits per heavy atom. The summed E-state index contributed by atoms with van der Waals surface area (Å²) in [5.74, 6) is -1.53. The van der Waals surface area contributed by atoms with E-state index in [1.807, 2.05) is 13.0 Å². The summed E-state index contributed by atoms with van der Waals surface area (Å²) < 4.78 is 0. The van der Waals surface area contributed by atoms with Crippen LogP contribution in [0.4, 0.5) is 5.69 Å². The van der Waals surface area contributed by atoms with E-state index in [0.29, 0.717) is 17.7 Å². The van der Waals surface area contributed by atoms with Crippen molar-refractivity contribution in [1.82, 2.24) is 0 Å². The van der Waals surface area contributed by atoms with Crippen molar-refractivity contribution in [1.29, 1.82) is 0 Å². The molecule has 108 valence electrons. The molecule has 0 aliphatic carbocycles. The number of hydrogen-bond acceptors (Lipinski definition) is 2. The Balaban J connectivity index is 2.09. The monoisotopic (exact) mass is 283 g/mol. The quantitative estimate of drug-likeness (QED) is 0.882. The second-order valence-corrected chi connectivity index (χ2v) is 4.74. The zero-order valence-corrected chi connectivity index (χ0v) is 11.7. The highest BCUT2D eigenvalue weighted by atomic mass is 16.4. The fourth-order valence-electron chi connectivity index (χ4n) is 2.14. The lowest BCUT2D eigenvalue weighted by molar-refractivity contribution is -0.138. The minimum Gasteiger partial charge on any atom is -0.481 e. The summed E-state index contributed by atoms with van der Waals surface area (Å²) in [4.78, 5) is 23.1. The van der Waals surface area contributed by atoms with E-state index in [1.165, 1.54) is 0 Å². The van der Waals surface area contributed by atoms with Gasteiger partial charge in [-0.3, -0.25) is 9.59 Å². The van der Waals surface area contributed by atoms with E-state index in [4.69, 9.17) is 5.11 Å². The maximum Gasteiger partial charge on any atom is 0.310 e. The first-order valence-corrected chi connectivity index (χ1v) is 6.81. The smallest absolute Gasteiger partial charge is 0.310 e. The molecule has 0 heterocycles. The maximum atomic E-state index is 12.0. The zero-order valence-electron chi connectivity index (χ0n) is 11.7.